The van der Waals surface area contributed by atoms with Gasteiger partial charge in [-0.25, -0.2) is 0 Å². The Hall–Kier alpha value is -1.63. The fraction of sp³-hybridized carbons (Fsp3) is 0.650. The van der Waals surface area contributed by atoms with Gasteiger partial charge in [-0.05, 0) is 64.2 Å². The van der Waals surface area contributed by atoms with Gasteiger partial charge in [0.15, 0.2) is 23.0 Å². The molecule has 0 spiro atoms. The minimum atomic E-state index is -2.88. The van der Waals surface area contributed by atoms with Crippen LogP contribution in [-0.2, 0) is 23.7 Å². The second kappa shape index (κ2) is 8.38. The largest absolute Gasteiger partial charge is 0.435 e. The predicted octanol–water partition coefficient (Wildman–Crippen LogP) is 2.97. The van der Waals surface area contributed by atoms with Crippen LogP contribution in [0.4, 0.5) is 14.5 Å². The fourth-order valence-electron chi connectivity index (χ4n) is 3.93. The van der Waals surface area contributed by atoms with E-state index in [4.69, 9.17) is 35.9 Å². The van der Waals surface area contributed by atoms with E-state index in [-0.39, 0.29) is 17.9 Å². The summed E-state index contributed by atoms with van der Waals surface area (Å²) in [5.74, 6) is -1.44. The highest BCUT2D eigenvalue weighted by Gasteiger charge is 2.58. The van der Waals surface area contributed by atoms with Gasteiger partial charge < -0.3 is 39.1 Å². The van der Waals surface area contributed by atoms with Crippen LogP contribution in [0.1, 0.15) is 27.7 Å². The number of hydrogen-bond acceptors (Lipinski definition) is 7. The molecular weight excluding hydrogens is 434 g/mol. The van der Waals surface area contributed by atoms with Gasteiger partial charge in [0.25, 0.3) is 0 Å². The number of anilines is 1. The lowest BCUT2D eigenvalue weighted by molar-refractivity contribution is -0.223. The summed E-state index contributed by atoms with van der Waals surface area (Å²) in [5.41, 5.74) is 0.608. The molecule has 1 aromatic rings. The van der Waals surface area contributed by atoms with Crippen LogP contribution in [0, 0.1) is 0 Å². The average molecular weight is 460 g/mol. The van der Waals surface area contributed by atoms with Crippen LogP contribution in [-0.4, -0.2) is 60.5 Å². The van der Waals surface area contributed by atoms with Crippen molar-refractivity contribution in [2.24, 2.45) is 0 Å². The van der Waals surface area contributed by atoms with Crippen LogP contribution in [0.15, 0.2) is 24.3 Å². The first kappa shape index (κ1) is 22.6. The molecule has 3 fully saturated rings. The molecule has 2 N–H and O–H groups in total. The molecule has 3 heterocycles. The van der Waals surface area contributed by atoms with Crippen molar-refractivity contribution in [1.82, 2.24) is 5.32 Å². The number of fused-ring (bicyclic) bond motifs is 1. The van der Waals surface area contributed by atoms with Gasteiger partial charge in [-0.15, -0.1) is 0 Å². The number of hydrogen-bond donors (Lipinski definition) is 2. The van der Waals surface area contributed by atoms with E-state index in [1.807, 2.05) is 27.7 Å². The van der Waals surface area contributed by atoms with E-state index in [1.165, 1.54) is 12.1 Å². The normalized spacial score (nSPS) is 33.3. The van der Waals surface area contributed by atoms with Gasteiger partial charge >= 0.3 is 6.61 Å². The van der Waals surface area contributed by atoms with E-state index in [2.05, 4.69) is 15.4 Å². The van der Waals surface area contributed by atoms with Gasteiger partial charge in [0.2, 0.25) is 0 Å². The number of ether oxygens (including phenoxy) is 6. The number of alkyl halides is 2. The molecule has 3 aliphatic rings. The maximum Gasteiger partial charge on any atom is 0.387 e. The summed E-state index contributed by atoms with van der Waals surface area (Å²) in [7, 11) is 0. The molecule has 31 heavy (non-hydrogen) atoms. The topological polar surface area (TPSA) is 79.4 Å². The zero-order valence-electron chi connectivity index (χ0n) is 17.6. The zero-order chi connectivity index (χ0) is 22.4. The second-order valence-electron chi connectivity index (χ2n) is 8.46. The average Bonchev–Trinajstić information content (AvgIpc) is 3.26. The fourth-order valence-corrected chi connectivity index (χ4v) is 4.18. The first-order valence-electron chi connectivity index (χ1n) is 9.97. The Morgan fingerprint density at radius 2 is 1.77 bits per heavy atom. The van der Waals surface area contributed by atoms with E-state index in [1.54, 1.807) is 12.1 Å². The summed E-state index contributed by atoms with van der Waals surface area (Å²) in [5, 5.41) is 6.59. The number of thiocarbonyl (C=S) groups is 1. The molecule has 8 nitrogen and oxygen atoms in total. The molecule has 0 radical (unpaired) electrons. The summed E-state index contributed by atoms with van der Waals surface area (Å²) in [6.45, 7) is 4.81. The number of benzene rings is 1. The summed E-state index contributed by atoms with van der Waals surface area (Å²) in [6, 6.07) is 5.67. The molecule has 0 aliphatic carbocycles. The highest BCUT2D eigenvalue weighted by molar-refractivity contribution is 7.80. The van der Waals surface area contributed by atoms with Crippen LogP contribution in [0.2, 0.25) is 0 Å². The Morgan fingerprint density at radius 3 is 2.39 bits per heavy atom. The smallest absolute Gasteiger partial charge is 0.387 e. The van der Waals surface area contributed by atoms with Crippen LogP contribution in [0.25, 0.3) is 0 Å². The third-order valence-corrected chi connectivity index (χ3v) is 5.34. The molecule has 5 atom stereocenters. The minimum absolute atomic E-state index is 0.0614. The Morgan fingerprint density at radius 1 is 1.06 bits per heavy atom. The standard InChI is InChI=1S/C20H26F2N2O6S/c1-19(2)25-9-12(28-19)14-13(15-16(27-14)30-20(3,4)29-15)24-18(31)23-10-5-7-11(8-6-10)26-17(21)22/h5-8,12-17H,9H2,1-4H3,(H2,23,24,31)/t12-,13-,14-,15-,16-/m1/s1. The van der Waals surface area contributed by atoms with Crippen LogP contribution < -0.4 is 15.4 Å². The van der Waals surface area contributed by atoms with Crippen LogP contribution in [0.5, 0.6) is 5.75 Å². The Labute approximate surface area is 184 Å². The minimum Gasteiger partial charge on any atom is -0.435 e. The van der Waals surface area contributed by atoms with Crippen molar-refractivity contribution in [3.8, 4) is 5.75 Å². The molecule has 0 unspecified atom stereocenters. The third-order valence-electron chi connectivity index (χ3n) is 5.12. The Bertz CT molecular complexity index is 809. The quantitative estimate of drug-likeness (QED) is 0.645. The van der Waals surface area contributed by atoms with Crippen molar-refractivity contribution < 1.29 is 37.2 Å². The summed E-state index contributed by atoms with van der Waals surface area (Å²) in [6.07, 6.45) is -1.73. The molecule has 11 heteroatoms. The van der Waals surface area contributed by atoms with Gasteiger partial charge in [-0.3, -0.25) is 0 Å². The predicted molar refractivity (Wildman–Crippen MR) is 110 cm³/mol. The maximum atomic E-state index is 12.3. The number of nitrogens with one attached hydrogen (secondary N) is 2. The van der Waals surface area contributed by atoms with Gasteiger partial charge in [0, 0.05) is 5.69 Å². The van der Waals surface area contributed by atoms with Crippen LogP contribution >= 0.6 is 12.2 Å². The van der Waals surface area contributed by atoms with Crippen molar-refractivity contribution in [3.05, 3.63) is 24.3 Å². The van der Waals surface area contributed by atoms with Crippen molar-refractivity contribution in [2.45, 2.75) is 76.5 Å². The van der Waals surface area contributed by atoms with Crippen molar-refractivity contribution >= 4 is 23.0 Å². The molecule has 3 aliphatic heterocycles. The summed E-state index contributed by atoms with van der Waals surface area (Å²) in [4.78, 5) is 0. The SMILES string of the molecule is CC1(C)O[C@H]2O[C@H]([C@H]3COC(C)(C)O3)[C@@H](NC(=S)Nc3ccc(OC(F)F)cc3)[C@H]2O1. The van der Waals surface area contributed by atoms with Crippen molar-refractivity contribution in [1.29, 1.82) is 0 Å². The lowest BCUT2D eigenvalue weighted by atomic mass is 10.0. The molecule has 0 saturated carbocycles. The first-order chi connectivity index (χ1) is 14.5. The van der Waals surface area contributed by atoms with E-state index in [0.717, 1.165) is 0 Å². The van der Waals surface area contributed by atoms with Crippen molar-refractivity contribution in [2.75, 3.05) is 11.9 Å². The van der Waals surface area contributed by atoms with Gasteiger partial charge in [-0.1, -0.05) is 0 Å². The zero-order valence-corrected chi connectivity index (χ0v) is 18.4. The molecule has 0 amide bonds. The van der Waals surface area contributed by atoms with Gasteiger partial charge in [-0.2, -0.15) is 8.78 Å². The van der Waals surface area contributed by atoms with E-state index >= 15 is 0 Å². The van der Waals surface area contributed by atoms with Gasteiger partial charge in [0.05, 0.1) is 12.6 Å². The van der Waals surface area contributed by atoms with Crippen LogP contribution in [0.3, 0.4) is 0 Å². The lowest BCUT2D eigenvalue weighted by Gasteiger charge is -2.30. The summed E-state index contributed by atoms with van der Waals surface area (Å²) >= 11 is 5.47. The molecule has 3 saturated heterocycles. The first-order valence-corrected chi connectivity index (χ1v) is 10.4. The molecule has 4 rings (SSSR count). The molecule has 0 aromatic heterocycles. The van der Waals surface area contributed by atoms with E-state index < -0.39 is 36.7 Å². The van der Waals surface area contributed by atoms with Crippen molar-refractivity contribution in [3.63, 3.8) is 0 Å². The molecule has 1 aromatic carbocycles. The highest BCUT2D eigenvalue weighted by atomic mass is 32.1. The number of rotatable bonds is 5. The van der Waals surface area contributed by atoms with E-state index in [9.17, 15) is 8.78 Å². The summed E-state index contributed by atoms with van der Waals surface area (Å²) < 4.78 is 58.7. The lowest BCUT2D eigenvalue weighted by Crippen LogP contribution is -2.53. The highest BCUT2D eigenvalue weighted by Crippen LogP contribution is 2.40. The third kappa shape index (κ3) is 5.24. The number of halogens is 2. The Balaban J connectivity index is 1.43. The maximum absolute atomic E-state index is 12.3. The second-order valence-corrected chi connectivity index (χ2v) is 8.87. The monoisotopic (exact) mass is 460 g/mol. The molecule has 172 valence electrons. The van der Waals surface area contributed by atoms with E-state index in [0.29, 0.717) is 17.4 Å². The van der Waals surface area contributed by atoms with Gasteiger partial charge in [0.1, 0.15) is 24.1 Å². The molecular formula is C20H26F2N2O6S. The molecule has 0 bridgehead atoms. The Kier molecular flexibility index (Phi) is 6.10.